The third kappa shape index (κ3) is 4.14. The van der Waals surface area contributed by atoms with Gasteiger partial charge in [-0.05, 0) is 26.3 Å². The van der Waals surface area contributed by atoms with Crippen molar-refractivity contribution in [2.75, 3.05) is 33.4 Å². The minimum Gasteiger partial charge on any atom is -0.384 e. The lowest BCUT2D eigenvalue weighted by atomic mass is 9.98. The van der Waals surface area contributed by atoms with Crippen molar-refractivity contribution in [1.29, 1.82) is 0 Å². The largest absolute Gasteiger partial charge is 0.384 e. The van der Waals surface area contributed by atoms with Crippen molar-refractivity contribution in [3.63, 3.8) is 0 Å². The molecule has 0 spiro atoms. The van der Waals surface area contributed by atoms with Gasteiger partial charge in [0.25, 0.3) is 0 Å². The van der Waals surface area contributed by atoms with Gasteiger partial charge in [0.1, 0.15) is 12.2 Å². The number of aryl methyl sites for hydroxylation is 1. The van der Waals surface area contributed by atoms with E-state index in [2.05, 4.69) is 29.8 Å². The number of hydrogen-bond acceptors (Lipinski definition) is 7. The molecule has 3 heterocycles. The minimum absolute atomic E-state index is 0.328. The summed E-state index contributed by atoms with van der Waals surface area (Å²) < 4.78 is 12.6. The van der Waals surface area contributed by atoms with E-state index in [1.54, 1.807) is 13.4 Å². The molecule has 0 radical (unpaired) electrons. The maximum absolute atomic E-state index is 5.45. The second kappa shape index (κ2) is 7.65. The average Bonchev–Trinajstić information content (AvgIpc) is 3.20. The standard InChI is InChI=1S/C15H24N6O2/c1-12-18-16-11-21(12)8-7-20-6-3-4-13(10-20)15-17-14(19-23-15)5-9-22-2/h11,13H,3-10H2,1-2H3. The van der Waals surface area contributed by atoms with Crippen molar-refractivity contribution < 1.29 is 9.26 Å². The van der Waals surface area contributed by atoms with Gasteiger partial charge in [-0.2, -0.15) is 4.98 Å². The molecule has 2 aromatic heterocycles. The number of methoxy groups -OCH3 is 1. The van der Waals surface area contributed by atoms with Gasteiger partial charge in [-0.15, -0.1) is 10.2 Å². The Hall–Kier alpha value is -1.80. The van der Waals surface area contributed by atoms with E-state index in [4.69, 9.17) is 9.26 Å². The van der Waals surface area contributed by atoms with Crippen molar-refractivity contribution in [2.24, 2.45) is 0 Å². The van der Waals surface area contributed by atoms with Crippen LogP contribution in [0.5, 0.6) is 0 Å². The molecule has 0 bridgehead atoms. The lowest BCUT2D eigenvalue weighted by molar-refractivity contribution is 0.181. The number of rotatable bonds is 7. The van der Waals surface area contributed by atoms with Crippen LogP contribution < -0.4 is 0 Å². The summed E-state index contributed by atoms with van der Waals surface area (Å²) in [6.07, 6.45) is 4.75. The summed E-state index contributed by atoms with van der Waals surface area (Å²) in [6.45, 7) is 6.57. The summed E-state index contributed by atoms with van der Waals surface area (Å²) in [5.41, 5.74) is 0. The van der Waals surface area contributed by atoms with E-state index >= 15 is 0 Å². The van der Waals surface area contributed by atoms with E-state index in [1.807, 2.05) is 6.92 Å². The first-order chi connectivity index (χ1) is 11.3. The topological polar surface area (TPSA) is 82.1 Å². The zero-order valence-corrected chi connectivity index (χ0v) is 13.8. The number of piperidine rings is 1. The molecule has 1 aliphatic heterocycles. The Morgan fingerprint density at radius 1 is 1.39 bits per heavy atom. The zero-order chi connectivity index (χ0) is 16.1. The highest BCUT2D eigenvalue weighted by atomic mass is 16.5. The third-order valence-corrected chi connectivity index (χ3v) is 4.33. The summed E-state index contributed by atoms with van der Waals surface area (Å²) in [4.78, 5) is 6.97. The lowest BCUT2D eigenvalue weighted by Gasteiger charge is -2.30. The van der Waals surface area contributed by atoms with Crippen molar-refractivity contribution in [3.05, 3.63) is 23.9 Å². The molecule has 8 nitrogen and oxygen atoms in total. The first kappa shape index (κ1) is 16.1. The third-order valence-electron chi connectivity index (χ3n) is 4.33. The number of aromatic nitrogens is 5. The molecule has 126 valence electrons. The van der Waals surface area contributed by atoms with Crippen molar-refractivity contribution in [1.82, 2.24) is 29.8 Å². The monoisotopic (exact) mass is 320 g/mol. The summed E-state index contributed by atoms with van der Waals surface area (Å²) in [7, 11) is 1.68. The maximum atomic E-state index is 5.45. The first-order valence-corrected chi connectivity index (χ1v) is 8.14. The molecule has 8 heteroatoms. The summed E-state index contributed by atoms with van der Waals surface area (Å²) in [5.74, 6) is 2.79. The molecule has 0 amide bonds. The van der Waals surface area contributed by atoms with E-state index in [9.17, 15) is 0 Å². The van der Waals surface area contributed by atoms with Crippen LogP contribution in [0.25, 0.3) is 0 Å². The van der Waals surface area contributed by atoms with Crippen LogP contribution in [-0.4, -0.2) is 63.2 Å². The quantitative estimate of drug-likeness (QED) is 0.753. The molecule has 1 atom stereocenters. The van der Waals surface area contributed by atoms with Gasteiger partial charge < -0.3 is 18.7 Å². The predicted molar refractivity (Wildman–Crippen MR) is 83.1 cm³/mol. The van der Waals surface area contributed by atoms with Crippen LogP contribution >= 0.6 is 0 Å². The van der Waals surface area contributed by atoms with Crippen LogP contribution in [0, 0.1) is 6.92 Å². The fourth-order valence-electron chi connectivity index (χ4n) is 2.97. The molecule has 0 N–H and O–H groups in total. The van der Waals surface area contributed by atoms with Crippen LogP contribution in [0.2, 0.25) is 0 Å². The van der Waals surface area contributed by atoms with E-state index in [1.165, 1.54) is 0 Å². The van der Waals surface area contributed by atoms with Crippen molar-refractivity contribution in [2.45, 2.75) is 38.6 Å². The predicted octanol–water partition coefficient (Wildman–Crippen LogP) is 1.04. The summed E-state index contributed by atoms with van der Waals surface area (Å²) in [6, 6.07) is 0. The molecule has 2 aromatic rings. The molecule has 0 aromatic carbocycles. The van der Waals surface area contributed by atoms with Gasteiger partial charge in [0.05, 0.1) is 12.5 Å². The van der Waals surface area contributed by atoms with Gasteiger partial charge in [0.2, 0.25) is 5.89 Å². The Kier molecular flexibility index (Phi) is 5.35. The first-order valence-electron chi connectivity index (χ1n) is 8.14. The van der Waals surface area contributed by atoms with Crippen LogP contribution in [-0.2, 0) is 17.7 Å². The normalized spacial score (nSPS) is 19.3. The van der Waals surface area contributed by atoms with E-state index < -0.39 is 0 Å². The van der Waals surface area contributed by atoms with Crippen LogP contribution in [0.1, 0.15) is 36.3 Å². The number of hydrogen-bond donors (Lipinski definition) is 0. The smallest absolute Gasteiger partial charge is 0.231 e. The van der Waals surface area contributed by atoms with Gasteiger partial charge in [0.15, 0.2) is 5.82 Å². The lowest BCUT2D eigenvalue weighted by Crippen LogP contribution is -2.36. The Labute approximate surface area is 135 Å². The van der Waals surface area contributed by atoms with Gasteiger partial charge in [-0.25, -0.2) is 0 Å². The second-order valence-corrected chi connectivity index (χ2v) is 6.00. The van der Waals surface area contributed by atoms with E-state index in [0.717, 1.165) is 56.6 Å². The molecule has 23 heavy (non-hydrogen) atoms. The number of ether oxygens (including phenoxy) is 1. The average molecular weight is 320 g/mol. The fraction of sp³-hybridized carbons (Fsp3) is 0.733. The van der Waals surface area contributed by atoms with Crippen LogP contribution in [0.4, 0.5) is 0 Å². The number of nitrogens with zero attached hydrogens (tertiary/aromatic N) is 6. The Morgan fingerprint density at radius 3 is 3.09 bits per heavy atom. The molecule has 0 aliphatic carbocycles. The molecule has 1 aliphatic rings. The highest BCUT2D eigenvalue weighted by Gasteiger charge is 2.25. The van der Waals surface area contributed by atoms with Crippen LogP contribution in [0.3, 0.4) is 0 Å². The SMILES string of the molecule is COCCc1noc(C2CCCN(CCn3cnnc3C)C2)n1. The van der Waals surface area contributed by atoms with Crippen LogP contribution in [0.15, 0.2) is 10.9 Å². The van der Waals surface area contributed by atoms with Crippen molar-refractivity contribution in [3.8, 4) is 0 Å². The zero-order valence-electron chi connectivity index (χ0n) is 13.8. The van der Waals surface area contributed by atoms with E-state index in [-0.39, 0.29) is 0 Å². The van der Waals surface area contributed by atoms with Gasteiger partial charge in [-0.1, -0.05) is 5.16 Å². The molecular formula is C15H24N6O2. The maximum Gasteiger partial charge on any atom is 0.231 e. The molecule has 1 saturated heterocycles. The molecular weight excluding hydrogens is 296 g/mol. The Morgan fingerprint density at radius 2 is 2.30 bits per heavy atom. The summed E-state index contributed by atoms with van der Waals surface area (Å²) >= 11 is 0. The van der Waals surface area contributed by atoms with Gasteiger partial charge in [-0.3, -0.25) is 0 Å². The fourth-order valence-corrected chi connectivity index (χ4v) is 2.97. The molecule has 1 unspecified atom stereocenters. The molecule has 3 rings (SSSR count). The van der Waals surface area contributed by atoms with E-state index in [0.29, 0.717) is 18.9 Å². The minimum atomic E-state index is 0.328. The Bertz CT molecular complexity index is 611. The second-order valence-electron chi connectivity index (χ2n) is 6.00. The molecule has 1 fully saturated rings. The highest BCUT2D eigenvalue weighted by molar-refractivity contribution is 4.97. The summed E-state index contributed by atoms with van der Waals surface area (Å²) in [5, 5.41) is 12.0. The number of likely N-dealkylation sites (tertiary alicyclic amines) is 1. The highest BCUT2D eigenvalue weighted by Crippen LogP contribution is 2.25. The van der Waals surface area contributed by atoms with Gasteiger partial charge in [0, 0.05) is 33.2 Å². The molecule has 0 saturated carbocycles. The van der Waals surface area contributed by atoms with Crippen molar-refractivity contribution >= 4 is 0 Å². The van der Waals surface area contributed by atoms with Gasteiger partial charge >= 0.3 is 0 Å². The Balaban J connectivity index is 1.53.